The standard InChI is InChI=1S/C19H27N2O3P/c1-5-23-25(22,24-6-2)19(17-10-8-7-9-11-17)14-20-18-13-12-15(3)21-16(18)4/h7-13,19-20H,5-6,14H2,1-4H3. The van der Waals surface area contributed by atoms with E-state index in [9.17, 15) is 4.57 Å². The lowest BCUT2D eigenvalue weighted by Crippen LogP contribution is -2.17. The van der Waals surface area contributed by atoms with E-state index in [1.807, 2.05) is 70.2 Å². The van der Waals surface area contributed by atoms with Crippen molar-refractivity contribution in [1.82, 2.24) is 4.98 Å². The Morgan fingerprint density at radius 2 is 1.68 bits per heavy atom. The molecule has 25 heavy (non-hydrogen) atoms. The van der Waals surface area contributed by atoms with Gasteiger partial charge in [0.25, 0.3) is 0 Å². The number of benzene rings is 1. The monoisotopic (exact) mass is 362 g/mol. The van der Waals surface area contributed by atoms with Gasteiger partial charge in [-0.3, -0.25) is 9.55 Å². The summed E-state index contributed by atoms with van der Waals surface area (Å²) in [7, 11) is -3.30. The highest BCUT2D eigenvalue weighted by atomic mass is 31.2. The van der Waals surface area contributed by atoms with Crippen molar-refractivity contribution in [3.63, 3.8) is 0 Å². The van der Waals surface area contributed by atoms with Crippen LogP contribution in [0.3, 0.4) is 0 Å². The zero-order valence-electron chi connectivity index (χ0n) is 15.4. The summed E-state index contributed by atoms with van der Waals surface area (Å²) in [5.74, 6) is 0. The summed E-state index contributed by atoms with van der Waals surface area (Å²) in [6.07, 6.45) is 0. The number of aromatic nitrogens is 1. The normalized spacial score (nSPS) is 12.8. The molecule has 0 amide bonds. The number of aryl methyl sites for hydroxylation is 2. The molecule has 0 saturated carbocycles. The third-order valence-electron chi connectivity index (χ3n) is 3.90. The lowest BCUT2D eigenvalue weighted by Gasteiger charge is -2.27. The van der Waals surface area contributed by atoms with Gasteiger partial charge in [0.1, 0.15) is 5.66 Å². The van der Waals surface area contributed by atoms with Crippen molar-refractivity contribution < 1.29 is 13.6 Å². The fraction of sp³-hybridized carbons (Fsp3) is 0.421. The minimum atomic E-state index is -3.30. The minimum Gasteiger partial charge on any atom is -0.382 e. The fourth-order valence-corrected chi connectivity index (χ4v) is 4.75. The van der Waals surface area contributed by atoms with Crippen molar-refractivity contribution in [2.45, 2.75) is 33.4 Å². The third kappa shape index (κ3) is 5.15. The SMILES string of the molecule is CCOP(=O)(OCC)C(CNc1ccc(C)nc1C)c1ccccc1. The van der Waals surface area contributed by atoms with E-state index in [1.165, 1.54) is 0 Å². The molecule has 5 nitrogen and oxygen atoms in total. The van der Waals surface area contributed by atoms with Gasteiger partial charge in [0.05, 0.1) is 24.6 Å². The van der Waals surface area contributed by atoms with Crippen LogP contribution in [-0.4, -0.2) is 24.7 Å². The summed E-state index contributed by atoms with van der Waals surface area (Å²) in [5.41, 5.74) is 3.34. The second-order valence-corrected chi connectivity index (χ2v) is 7.99. The highest BCUT2D eigenvalue weighted by Gasteiger charge is 2.36. The molecule has 1 unspecified atom stereocenters. The molecule has 0 fully saturated rings. The van der Waals surface area contributed by atoms with Crippen LogP contribution in [0, 0.1) is 13.8 Å². The molecule has 1 aromatic carbocycles. The summed E-state index contributed by atoms with van der Waals surface area (Å²) in [4.78, 5) is 4.47. The van der Waals surface area contributed by atoms with Crippen molar-refractivity contribution >= 4 is 13.3 Å². The van der Waals surface area contributed by atoms with E-state index in [0.717, 1.165) is 22.6 Å². The van der Waals surface area contributed by atoms with Crippen molar-refractivity contribution in [2.75, 3.05) is 25.1 Å². The molecule has 0 saturated heterocycles. The van der Waals surface area contributed by atoms with Gasteiger partial charge < -0.3 is 14.4 Å². The second kappa shape index (κ2) is 9.14. The van der Waals surface area contributed by atoms with Crippen LogP contribution in [0.2, 0.25) is 0 Å². The highest BCUT2D eigenvalue weighted by molar-refractivity contribution is 7.54. The zero-order valence-corrected chi connectivity index (χ0v) is 16.3. The molecule has 1 aromatic heterocycles. The second-order valence-electron chi connectivity index (χ2n) is 5.77. The van der Waals surface area contributed by atoms with E-state index in [0.29, 0.717) is 19.8 Å². The van der Waals surface area contributed by atoms with Crippen molar-refractivity contribution in [3.8, 4) is 0 Å². The predicted octanol–water partition coefficient (Wildman–Crippen LogP) is 5.12. The van der Waals surface area contributed by atoms with Crippen LogP contribution < -0.4 is 5.32 Å². The summed E-state index contributed by atoms with van der Waals surface area (Å²) in [6, 6.07) is 13.7. The van der Waals surface area contributed by atoms with Crippen LogP contribution in [0.5, 0.6) is 0 Å². The summed E-state index contributed by atoms with van der Waals surface area (Å²) >= 11 is 0. The van der Waals surface area contributed by atoms with E-state index in [4.69, 9.17) is 9.05 Å². The molecule has 2 aromatic rings. The number of nitrogens with one attached hydrogen (secondary N) is 1. The van der Waals surface area contributed by atoms with Gasteiger partial charge >= 0.3 is 7.60 Å². The largest absolute Gasteiger partial charge is 0.382 e. The lowest BCUT2D eigenvalue weighted by molar-refractivity contribution is 0.213. The molecule has 0 bridgehead atoms. The van der Waals surface area contributed by atoms with Gasteiger partial charge in [0.15, 0.2) is 0 Å². The Hall–Kier alpha value is -1.68. The Morgan fingerprint density at radius 1 is 1.04 bits per heavy atom. The smallest absolute Gasteiger partial charge is 0.339 e. The predicted molar refractivity (Wildman–Crippen MR) is 102 cm³/mol. The van der Waals surface area contributed by atoms with E-state index in [-0.39, 0.29) is 0 Å². The highest BCUT2D eigenvalue weighted by Crippen LogP contribution is 2.60. The molecular weight excluding hydrogens is 335 g/mol. The quantitative estimate of drug-likeness (QED) is 0.628. The van der Waals surface area contributed by atoms with E-state index in [1.54, 1.807) is 0 Å². The minimum absolute atomic E-state index is 0.339. The molecule has 0 aliphatic heterocycles. The van der Waals surface area contributed by atoms with Crippen LogP contribution in [-0.2, 0) is 13.6 Å². The van der Waals surface area contributed by atoms with Crippen LogP contribution in [0.4, 0.5) is 5.69 Å². The molecule has 0 radical (unpaired) electrons. The Kier molecular flexibility index (Phi) is 7.18. The number of anilines is 1. The lowest BCUT2D eigenvalue weighted by atomic mass is 10.1. The molecule has 1 atom stereocenters. The van der Waals surface area contributed by atoms with Gasteiger partial charge in [0.2, 0.25) is 0 Å². The topological polar surface area (TPSA) is 60.5 Å². The van der Waals surface area contributed by atoms with Gasteiger partial charge in [-0.25, -0.2) is 0 Å². The fourth-order valence-electron chi connectivity index (χ4n) is 2.74. The maximum Gasteiger partial charge on any atom is 0.339 e. The first-order valence-corrected chi connectivity index (χ1v) is 10.2. The van der Waals surface area contributed by atoms with Crippen LogP contribution in [0.25, 0.3) is 0 Å². The van der Waals surface area contributed by atoms with Crippen LogP contribution >= 0.6 is 7.60 Å². The van der Waals surface area contributed by atoms with Crippen LogP contribution in [0.15, 0.2) is 42.5 Å². The van der Waals surface area contributed by atoms with E-state index >= 15 is 0 Å². The number of hydrogen-bond donors (Lipinski definition) is 1. The molecule has 2 rings (SSSR count). The Labute approximate surface area is 150 Å². The maximum absolute atomic E-state index is 13.4. The van der Waals surface area contributed by atoms with Crippen molar-refractivity contribution in [1.29, 1.82) is 0 Å². The molecule has 0 spiro atoms. The zero-order chi connectivity index (χ0) is 18.3. The first-order chi connectivity index (χ1) is 12.0. The van der Waals surface area contributed by atoms with Gasteiger partial charge in [-0.05, 0) is 45.4 Å². The number of pyridine rings is 1. The van der Waals surface area contributed by atoms with E-state index in [2.05, 4.69) is 10.3 Å². The number of rotatable bonds is 9. The average Bonchev–Trinajstić information content (AvgIpc) is 2.58. The number of hydrogen-bond acceptors (Lipinski definition) is 5. The Balaban J connectivity index is 2.30. The Bertz CT molecular complexity index is 712. The van der Waals surface area contributed by atoms with E-state index < -0.39 is 13.3 Å². The van der Waals surface area contributed by atoms with Crippen LogP contribution in [0.1, 0.15) is 36.5 Å². The third-order valence-corrected chi connectivity index (χ3v) is 6.38. The van der Waals surface area contributed by atoms with Gasteiger partial charge in [-0.2, -0.15) is 0 Å². The maximum atomic E-state index is 13.4. The molecule has 6 heteroatoms. The van der Waals surface area contributed by atoms with Gasteiger partial charge in [0, 0.05) is 12.2 Å². The molecule has 1 N–H and O–H groups in total. The Morgan fingerprint density at radius 3 is 2.24 bits per heavy atom. The summed E-state index contributed by atoms with van der Waals surface area (Å²) < 4.78 is 24.6. The molecule has 0 aliphatic carbocycles. The number of nitrogens with zero attached hydrogens (tertiary/aromatic N) is 1. The molecule has 0 aliphatic rings. The van der Waals surface area contributed by atoms with Crippen molar-refractivity contribution in [3.05, 3.63) is 59.4 Å². The summed E-state index contributed by atoms with van der Waals surface area (Å²) in [5, 5.41) is 3.37. The van der Waals surface area contributed by atoms with Gasteiger partial charge in [-0.1, -0.05) is 30.3 Å². The first kappa shape index (κ1) is 19.6. The first-order valence-electron chi connectivity index (χ1n) is 8.62. The molecule has 1 heterocycles. The van der Waals surface area contributed by atoms with Crippen molar-refractivity contribution in [2.24, 2.45) is 0 Å². The summed E-state index contributed by atoms with van der Waals surface area (Å²) in [6.45, 7) is 8.69. The molecular formula is C19H27N2O3P. The molecule has 136 valence electrons. The average molecular weight is 362 g/mol. The van der Waals surface area contributed by atoms with Gasteiger partial charge in [-0.15, -0.1) is 0 Å².